The van der Waals surface area contributed by atoms with Crippen LogP contribution in [0, 0.1) is 18.8 Å². The first-order valence-corrected chi connectivity index (χ1v) is 26.2. The number of benzene rings is 4. The van der Waals surface area contributed by atoms with Gasteiger partial charge in [-0.15, -0.1) is 0 Å². The van der Waals surface area contributed by atoms with E-state index in [0.717, 1.165) is 35.5 Å². The molecule has 392 valence electrons. The van der Waals surface area contributed by atoms with Gasteiger partial charge < -0.3 is 49.4 Å². The van der Waals surface area contributed by atoms with E-state index in [2.05, 4.69) is 9.97 Å². The number of nitrogens with zero attached hydrogens (tertiary/aromatic N) is 2. The van der Waals surface area contributed by atoms with Gasteiger partial charge in [-0.3, -0.25) is 4.21 Å². The summed E-state index contributed by atoms with van der Waals surface area (Å²) in [5.41, 5.74) is 16.4. The van der Waals surface area contributed by atoms with Crippen LogP contribution in [0.3, 0.4) is 0 Å². The van der Waals surface area contributed by atoms with Crippen molar-refractivity contribution in [2.45, 2.75) is 103 Å². The van der Waals surface area contributed by atoms with Crippen molar-refractivity contribution < 1.29 is 51.7 Å². The highest BCUT2D eigenvalue weighted by molar-refractivity contribution is 7.84. The molecule has 4 aromatic carbocycles. The van der Waals surface area contributed by atoms with Gasteiger partial charge in [-0.1, -0.05) is 36.4 Å². The molecule has 1 unspecified atom stereocenters. The van der Waals surface area contributed by atoms with Gasteiger partial charge in [0.25, 0.3) is 0 Å². The number of aryl methyl sites for hydroxylation is 1. The molecule has 0 aliphatic heterocycles. The molecule has 0 bridgehead atoms. The summed E-state index contributed by atoms with van der Waals surface area (Å²) >= 11 is 0. The summed E-state index contributed by atoms with van der Waals surface area (Å²) in [5.74, 6) is 3.92. The molecule has 6 aromatic rings. The molecule has 0 radical (unpaired) electrons. The minimum Gasteiger partial charge on any atom is -0.497 e. The lowest BCUT2D eigenvalue weighted by Gasteiger charge is -2.21. The third-order valence-electron chi connectivity index (χ3n) is 11.7. The summed E-state index contributed by atoms with van der Waals surface area (Å²) in [6, 6.07) is 30.0. The standard InChI is InChI=1S/C29H34N2O6S.C29H34N2O5/c1-29(2,3)37-28(32)26-24(38(5)33)15-21(31-27(26)30)25-22(35-16-18-9-10-18)7-6-8-23(25)36-17-19-11-13-20(34-4)14-12-19;1-18-15-22(31-27(30)25(18)28(32)36-29(2,3)4)26-23(34-16-19-9-10-19)7-6-8-24(26)35-17-20-11-13-21(33-5)14-12-20/h6-8,11-15,18H,9-10,16-17H2,1-5H3,(H2,30,31);6-8,11-15,19H,9-10,16-17H2,1-5H3,(H2,30,31). The fraction of sp³-hybridized carbons (Fsp3) is 0.379. The van der Waals surface area contributed by atoms with E-state index < -0.39 is 33.9 Å². The van der Waals surface area contributed by atoms with Crippen molar-refractivity contribution in [3.05, 3.63) is 125 Å². The van der Waals surface area contributed by atoms with Crippen LogP contribution in [0.25, 0.3) is 22.5 Å². The Bertz CT molecular complexity index is 2940. The Kier molecular flexibility index (Phi) is 17.4. The molecule has 2 saturated carbocycles. The maximum Gasteiger partial charge on any atom is 0.343 e. The van der Waals surface area contributed by atoms with Crippen LogP contribution >= 0.6 is 0 Å². The van der Waals surface area contributed by atoms with Crippen LogP contribution in [-0.2, 0) is 33.5 Å². The molecule has 74 heavy (non-hydrogen) atoms. The first-order valence-electron chi connectivity index (χ1n) is 24.6. The molecule has 16 heteroatoms. The van der Waals surface area contributed by atoms with Gasteiger partial charge in [-0.25, -0.2) is 19.6 Å². The van der Waals surface area contributed by atoms with Crippen LogP contribution in [0.4, 0.5) is 11.6 Å². The SMILES string of the molecule is COc1ccc(COc2cccc(OCC3CC3)c2-c2cc(C)c(C(=O)OC(C)(C)C)c(N)n2)cc1.COc1ccc(COc2cccc(OCC3CC3)c2-c2cc(S(C)=O)c(C(=O)OC(C)(C)C)c(N)n2)cc1. The Balaban J connectivity index is 0.000000217. The van der Waals surface area contributed by atoms with Gasteiger partial charge in [0.15, 0.2) is 0 Å². The zero-order chi connectivity index (χ0) is 53.3. The van der Waals surface area contributed by atoms with E-state index in [-0.39, 0.29) is 27.7 Å². The van der Waals surface area contributed by atoms with E-state index in [9.17, 15) is 13.8 Å². The highest BCUT2D eigenvalue weighted by Gasteiger charge is 2.30. The largest absolute Gasteiger partial charge is 0.497 e. The van der Waals surface area contributed by atoms with Crippen LogP contribution in [0.1, 0.15) is 105 Å². The van der Waals surface area contributed by atoms with E-state index >= 15 is 0 Å². The lowest BCUT2D eigenvalue weighted by atomic mass is 10.0. The normalized spacial score (nSPS) is 13.6. The predicted octanol–water partition coefficient (Wildman–Crippen LogP) is 11.4. The Morgan fingerprint density at radius 3 is 1.32 bits per heavy atom. The second-order valence-electron chi connectivity index (χ2n) is 20.3. The number of rotatable bonds is 19. The number of nitrogens with two attached hydrogens (primary N) is 2. The van der Waals surface area contributed by atoms with Crippen molar-refractivity contribution in [3.8, 4) is 57.0 Å². The zero-order valence-corrected chi connectivity index (χ0v) is 44.8. The molecule has 0 spiro atoms. The number of esters is 2. The molecule has 0 amide bonds. The summed E-state index contributed by atoms with van der Waals surface area (Å²) in [6.45, 7) is 14.4. The van der Waals surface area contributed by atoms with Crippen LogP contribution < -0.4 is 39.9 Å². The number of methoxy groups -OCH3 is 2. The lowest BCUT2D eigenvalue weighted by Crippen LogP contribution is -2.25. The van der Waals surface area contributed by atoms with E-state index in [4.69, 9.17) is 49.4 Å². The number of ether oxygens (including phenoxy) is 8. The number of carbonyl (C=O) groups excluding carboxylic acids is 2. The Hall–Kier alpha value is -7.33. The number of nitrogen functional groups attached to an aromatic ring is 2. The van der Waals surface area contributed by atoms with E-state index in [1.807, 2.05) is 119 Å². The first-order chi connectivity index (χ1) is 35.2. The fourth-order valence-electron chi connectivity index (χ4n) is 7.61. The summed E-state index contributed by atoms with van der Waals surface area (Å²) in [7, 11) is 1.71. The number of hydrogen-bond acceptors (Lipinski definition) is 15. The summed E-state index contributed by atoms with van der Waals surface area (Å²) in [6.07, 6.45) is 6.12. The fourth-order valence-corrected chi connectivity index (χ4v) is 8.36. The van der Waals surface area contributed by atoms with Gasteiger partial charge in [0.2, 0.25) is 0 Å². The third-order valence-corrected chi connectivity index (χ3v) is 12.7. The Morgan fingerprint density at radius 1 is 0.581 bits per heavy atom. The van der Waals surface area contributed by atoms with Crippen molar-refractivity contribution in [2.24, 2.45) is 11.8 Å². The number of carbonyl (C=O) groups is 2. The van der Waals surface area contributed by atoms with Gasteiger partial charge in [0, 0.05) is 6.26 Å². The number of pyridine rings is 2. The maximum absolute atomic E-state index is 12.9. The molecule has 2 aromatic heterocycles. The minimum atomic E-state index is -1.55. The van der Waals surface area contributed by atoms with Crippen molar-refractivity contribution in [2.75, 3.05) is 45.2 Å². The van der Waals surface area contributed by atoms with E-state index in [1.54, 1.807) is 41.1 Å². The molecule has 15 nitrogen and oxygen atoms in total. The molecule has 2 aliphatic rings. The van der Waals surface area contributed by atoms with Crippen molar-refractivity contribution in [3.63, 3.8) is 0 Å². The number of hydrogen-bond donors (Lipinski definition) is 2. The zero-order valence-electron chi connectivity index (χ0n) is 44.0. The number of aromatic nitrogens is 2. The molecule has 8 rings (SSSR count). The van der Waals surface area contributed by atoms with E-state index in [1.165, 1.54) is 19.1 Å². The van der Waals surface area contributed by atoms with Gasteiger partial charge in [0.1, 0.15) is 81.7 Å². The second-order valence-corrected chi connectivity index (χ2v) is 21.7. The molecule has 2 aliphatic carbocycles. The molecule has 0 saturated heterocycles. The topological polar surface area (TPSA) is 203 Å². The summed E-state index contributed by atoms with van der Waals surface area (Å²) in [5, 5.41) is 0. The molecular weight excluding hydrogens is 961 g/mol. The highest BCUT2D eigenvalue weighted by Crippen LogP contribution is 2.43. The van der Waals surface area contributed by atoms with Crippen LogP contribution in [-0.4, -0.2) is 71.0 Å². The van der Waals surface area contributed by atoms with Crippen molar-refractivity contribution >= 4 is 34.4 Å². The average Bonchev–Trinajstić information content (AvgIpc) is 4.30. The first kappa shape index (κ1) is 54.4. The molecule has 1 atom stereocenters. The van der Waals surface area contributed by atoms with Crippen LogP contribution in [0.2, 0.25) is 0 Å². The van der Waals surface area contributed by atoms with Crippen LogP contribution in [0.5, 0.6) is 34.5 Å². The van der Waals surface area contributed by atoms with Gasteiger partial charge in [-0.2, -0.15) is 0 Å². The van der Waals surface area contributed by atoms with Crippen molar-refractivity contribution in [1.82, 2.24) is 9.97 Å². The Morgan fingerprint density at radius 2 is 0.959 bits per heavy atom. The van der Waals surface area contributed by atoms with Gasteiger partial charge >= 0.3 is 11.9 Å². The van der Waals surface area contributed by atoms with Gasteiger partial charge in [0.05, 0.1) is 65.6 Å². The predicted molar refractivity (Wildman–Crippen MR) is 287 cm³/mol. The minimum absolute atomic E-state index is 0.00147. The van der Waals surface area contributed by atoms with E-state index in [0.29, 0.717) is 89.3 Å². The number of anilines is 2. The Labute approximate surface area is 436 Å². The molecule has 4 N–H and O–H groups in total. The van der Waals surface area contributed by atoms with Crippen LogP contribution in [0.15, 0.2) is 102 Å². The summed E-state index contributed by atoms with van der Waals surface area (Å²) < 4.78 is 59.1. The summed E-state index contributed by atoms with van der Waals surface area (Å²) in [4.78, 5) is 35.1. The lowest BCUT2D eigenvalue weighted by molar-refractivity contribution is 0.00552. The quantitative estimate of drug-likeness (QED) is 0.0725. The maximum atomic E-state index is 12.9. The second kappa shape index (κ2) is 23.7. The van der Waals surface area contributed by atoms with Crippen molar-refractivity contribution in [1.29, 1.82) is 0 Å². The smallest absolute Gasteiger partial charge is 0.343 e. The molecule has 2 fully saturated rings. The third kappa shape index (κ3) is 14.9. The van der Waals surface area contributed by atoms with Gasteiger partial charge in [-0.05, 0) is 163 Å². The monoisotopic (exact) mass is 1030 g/mol. The molecule has 2 heterocycles. The average molecular weight is 1030 g/mol. The highest BCUT2D eigenvalue weighted by atomic mass is 32.2. The molecular formula is C58H68N4O11S.